The molecule has 0 aliphatic heterocycles. The Morgan fingerprint density at radius 2 is 2.18 bits per heavy atom. The molecule has 6 heteroatoms. The van der Waals surface area contributed by atoms with E-state index in [9.17, 15) is 8.42 Å². The highest BCUT2D eigenvalue weighted by Crippen LogP contribution is 2.16. The quantitative estimate of drug-likeness (QED) is 0.899. The molecule has 0 radical (unpaired) electrons. The van der Waals surface area contributed by atoms with Gasteiger partial charge < -0.3 is 4.42 Å². The Morgan fingerprint density at radius 1 is 1.41 bits per heavy atom. The molecule has 2 aromatic rings. The van der Waals surface area contributed by atoms with E-state index in [1.807, 2.05) is 12.1 Å². The van der Waals surface area contributed by atoms with Gasteiger partial charge in [0.25, 0.3) is 0 Å². The average molecular weight is 254 g/mol. The SMILES string of the molecule is CCS(=O)(=O)NCc1ccc2nc(C)oc2c1. The number of hydrogen-bond acceptors (Lipinski definition) is 4. The molecular formula is C11H14N2O3S. The van der Waals surface area contributed by atoms with Crippen molar-refractivity contribution in [2.24, 2.45) is 0 Å². The van der Waals surface area contributed by atoms with Gasteiger partial charge in [-0.25, -0.2) is 18.1 Å². The lowest BCUT2D eigenvalue weighted by Crippen LogP contribution is -2.24. The summed E-state index contributed by atoms with van der Waals surface area (Å²) < 4.78 is 30.5. The zero-order chi connectivity index (χ0) is 12.5. The van der Waals surface area contributed by atoms with Gasteiger partial charge in [-0.3, -0.25) is 0 Å². The topological polar surface area (TPSA) is 72.2 Å². The predicted octanol–water partition coefficient (Wildman–Crippen LogP) is 1.58. The molecule has 92 valence electrons. The Morgan fingerprint density at radius 3 is 2.88 bits per heavy atom. The minimum Gasteiger partial charge on any atom is -0.441 e. The summed E-state index contributed by atoms with van der Waals surface area (Å²) in [6, 6.07) is 5.46. The number of nitrogens with zero attached hydrogens (tertiary/aromatic N) is 1. The molecule has 0 unspecified atom stereocenters. The van der Waals surface area contributed by atoms with Gasteiger partial charge in [-0.2, -0.15) is 0 Å². The van der Waals surface area contributed by atoms with Crippen molar-refractivity contribution < 1.29 is 12.8 Å². The van der Waals surface area contributed by atoms with Crippen molar-refractivity contribution in [2.45, 2.75) is 20.4 Å². The number of benzene rings is 1. The second kappa shape index (κ2) is 4.46. The number of hydrogen-bond donors (Lipinski definition) is 1. The van der Waals surface area contributed by atoms with Gasteiger partial charge in [0.1, 0.15) is 5.52 Å². The summed E-state index contributed by atoms with van der Waals surface area (Å²) in [5, 5.41) is 0. The number of aromatic nitrogens is 1. The van der Waals surface area contributed by atoms with E-state index in [0.29, 0.717) is 11.5 Å². The number of sulfonamides is 1. The molecule has 0 aliphatic carbocycles. The van der Waals surface area contributed by atoms with Crippen LogP contribution < -0.4 is 4.72 Å². The summed E-state index contributed by atoms with van der Waals surface area (Å²) in [5.74, 6) is 0.683. The fourth-order valence-corrected chi connectivity index (χ4v) is 2.08. The van der Waals surface area contributed by atoms with Gasteiger partial charge in [0, 0.05) is 13.5 Å². The molecule has 0 amide bonds. The number of oxazole rings is 1. The molecule has 0 atom stereocenters. The minimum absolute atomic E-state index is 0.0800. The van der Waals surface area contributed by atoms with Crippen molar-refractivity contribution >= 4 is 21.1 Å². The Hall–Kier alpha value is -1.40. The number of aryl methyl sites for hydroxylation is 1. The van der Waals surface area contributed by atoms with E-state index in [1.165, 1.54) is 0 Å². The summed E-state index contributed by atoms with van der Waals surface area (Å²) in [7, 11) is -3.16. The molecule has 2 rings (SSSR count). The fraction of sp³-hybridized carbons (Fsp3) is 0.364. The van der Waals surface area contributed by atoms with Crippen LogP contribution in [-0.4, -0.2) is 19.2 Å². The monoisotopic (exact) mass is 254 g/mol. The largest absolute Gasteiger partial charge is 0.441 e. The first-order valence-electron chi connectivity index (χ1n) is 5.33. The molecule has 1 heterocycles. The van der Waals surface area contributed by atoms with Crippen LogP contribution in [0.3, 0.4) is 0 Å². The van der Waals surface area contributed by atoms with Crippen LogP contribution in [0, 0.1) is 6.92 Å². The second-order valence-electron chi connectivity index (χ2n) is 3.76. The summed E-state index contributed by atoms with van der Waals surface area (Å²) >= 11 is 0. The van der Waals surface area contributed by atoms with Crippen LogP contribution >= 0.6 is 0 Å². The molecule has 5 nitrogen and oxygen atoms in total. The molecule has 1 N–H and O–H groups in total. The minimum atomic E-state index is -3.16. The summed E-state index contributed by atoms with van der Waals surface area (Å²) in [6.45, 7) is 3.65. The third kappa shape index (κ3) is 2.83. The predicted molar refractivity (Wildman–Crippen MR) is 65.0 cm³/mol. The third-order valence-corrected chi connectivity index (χ3v) is 3.78. The van der Waals surface area contributed by atoms with E-state index >= 15 is 0 Å². The van der Waals surface area contributed by atoms with Crippen LogP contribution in [0.2, 0.25) is 0 Å². The Labute approximate surface area is 99.9 Å². The highest BCUT2D eigenvalue weighted by molar-refractivity contribution is 7.89. The molecular weight excluding hydrogens is 240 g/mol. The van der Waals surface area contributed by atoms with Crippen molar-refractivity contribution in [2.75, 3.05) is 5.75 Å². The van der Waals surface area contributed by atoms with Crippen LogP contribution in [0.5, 0.6) is 0 Å². The maximum absolute atomic E-state index is 11.3. The smallest absolute Gasteiger partial charge is 0.211 e. The van der Waals surface area contributed by atoms with Gasteiger partial charge in [0.15, 0.2) is 11.5 Å². The van der Waals surface area contributed by atoms with Gasteiger partial charge in [-0.15, -0.1) is 0 Å². The van der Waals surface area contributed by atoms with Crippen molar-refractivity contribution in [3.05, 3.63) is 29.7 Å². The van der Waals surface area contributed by atoms with Crippen LogP contribution in [0.1, 0.15) is 18.4 Å². The molecule has 0 bridgehead atoms. The Bertz CT molecular complexity index is 631. The zero-order valence-electron chi connectivity index (χ0n) is 9.73. The molecule has 0 fully saturated rings. The molecule has 17 heavy (non-hydrogen) atoms. The first kappa shape index (κ1) is 12.1. The van der Waals surface area contributed by atoms with Crippen molar-refractivity contribution in [1.82, 2.24) is 9.71 Å². The highest BCUT2D eigenvalue weighted by atomic mass is 32.2. The third-order valence-electron chi connectivity index (χ3n) is 2.44. The summed E-state index contributed by atoms with van der Waals surface area (Å²) in [6.07, 6.45) is 0. The first-order valence-corrected chi connectivity index (χ1v) is 6.99. The maximum atomic E-state index is 11.3. The molecule has 0 saturated carbocycles. The van der Waals surface area contributed by atoms with E-state index in [1.54, 1.807) is 19.9 Å². The number of nitrogens with one attached hydrogen (secondary N) is 1. The van der Waals surface area contributed by atoms with Crippen molar-refractivity contribution in [3.8, 4) is 0 Å². The van der Waals surface area contributed by atoms with Crippen molar-refractivity contribution in [1.29, 1.82) is 0 Å². The van der Waals surface area contributed by atoms with Gasteiger partial charge in [-0.05, 0) is 24.6 Å². The Balaban J connectivity index is 2.19. The maximum Gasteiger partial charge on any atom is 0.211 e. The molecule has 0 spiro atoms. The van der Waals surface area contributed by atoms with Gasteiger partial charge >= 0.3 is 0 Å². The van der Waals surface area contributed by atoms with Crippen LogP contribution in [0.4, 0.5) is 0 Å². The molecule has 0 saturated heterocycles. The zero-order valence-corrected chi connectivity index (χ0v) is 10.5. The van der Waals surface area contributed by atoms with E-state index < -0.39 is 10.0 Å². The standard InChI is InChI=1S/C11H14N2O3S/c1-3-17(14,15)12-7-9-4-5-10-11(6-9)16-8(2)13-10/h4-6,12H,3,7H2,1-2H3. The van der Waals surface area contributed by atoms with E-state index in [0.717, 1.165) is 11.1 Å². The lowest BCUT2D eigenvalue weighted by Gasteiger charge is -2.03. The number of rotatable bonds is 4. The first-order chi connectivity index (χ1) is 8.00. The molecule has 1 aromatic heterocycles. The van der Waals surface area contributed by atoms with E-state index in [2.05, 4.69) is 9.71 Å². The highest BCUT2D eigenvalue weighted by Gasteiger charge is 2.07. The lowest BCUT2D eigenvalue weighted by molar-refractivity contribution is 0.560. The second-order valence-corrected chi connectivity index (χ2v) is 5.86. The average Bonchev–Trinajstić information content (AvgIpc) is 2.66. The van der Waals surface area contributed by atoms with Crippen LogP contribution in [0.25, 0.3) is 11.1 Å². The summed E-state index contributed by atoms with van der Waals surface area (Å²) in [5.41, 5.74) is 2.31. The van der Waals surface area contributed by atoms with Gasteiger partial charge in [0.2, 0.25) is 10.0 Å². The molecule has 1 aromatic carbocycles. The van der Waals surface area contributed by atoms with Crippen molar-refractivity contribution in [3.63, 3.8) is 0 Å². The fourth-order valence-electron chi connectivity index (χ4n) is 1.49. The molecule has 0 aliphatic rings. The Kier molecular flexibility index (Phi) is 3.17. The van der Waals surface area contributed by atoms with Crippen LogP contribution in [-0.2, 0) is 16.6 Å². The van der Waals surface area contributed by atoms with Crippen LogP contribution in [0.15, 0.2) is 22.6 Å². The lowest BCUT2D eigenvalue weighted by atomic mass is 10.2. The van der Waals surface area contributed by atoms with Gasteiger partial charge in [-0.1, -0.05) is 6.07 Å². The van der Waals surface area contributed by atoms with E-state index in [-0.39, 0.29) is 12.3 Å². The van der Waals surface area contributed by atoms with E-state index in [4.69, 9.17) is 4.42 Å². The number of fused-ring (bicyclic) bond motifs is 1. The summed E-state index contributed by atoms with van der Waals surface area (Å²) in [4.78, 5) is 4.17. The van der Waals surface area contributed by atoms with Gasteiger partial charge in [0.05, 0.1) is 5.75 Å². The normalized spacial score (nSPS) is 12.1.